The van der Waals surface area contributed by atoms with Crippen LogP contribution in [-0.2, 0) is 11.0 Å². The second kappa shape index (κ2) is 6.66. The van der Waals surface area contributed by atoms with E-state index in [9.17, 15) is 22.4 Å². The van der Waals surface area contributed by atoms with Crippen LogP contribution in [0.3, 0.4) is 0 Å². The van der Waals surface area contributed by atoms with Crippen molar-refractivity contribution in [1.29, 1.82) is 0 Å². The van der Waals surface area contributed by atoms with Gasteiger partial charge in [0.15, 0.2) is 0 Å². The molecule has 0 spiro atoms. The molecule has 0 bridgehead atoms. The number of benzene rings is 2. The summed E-state index contributed by atoms with van der Waals surface area (Å²) < 4.78 is 51.2. The van der Waals surface area contributed by atoms with Gasteiger partial charge in [-0.1, -0.05) is 24.3 Å². The minimum absolute atomic E-state index is 0.0192. The second-order valence-corrected chi connectivity index (χ2v) is 7.31. The molecule has 2 aromatic carbocycles. The van der Waals surface area contributed by atoms with Gasteiger partial charge in [-0.3, -0.25) is 4.79 Å². The summed E-state index contributed by atoms with van der Waals surface area (Å²) in [6.45, 7) is 0.664. The van der Waals surface area contributed by atoms with Crippen LogP contribution in [0.5, 0.6) is 0 Å². The van der Waals surface area contributed by atoms with Crippen LogP contribution < -0.4 is 0 Å². The number of carbonyl (C=O) groups is 1. The molecule has 1 saturated carbocycles. The molecule has 3 atom stereocenters. The predicted molar refractivity (Wildman–Crippen MR) is 92.4 cm³/mol. The van der Waals surface area contributed by atoms with Crippen LogP contribution in [0.4, 0.5) is 17.6 Å². The lowest BCUT2D eigenvalue weighted by Crippen LogP contribution is -2.32. The number of nitrogens with zero attached hydrogens (tertiary/aromatic N) is 1. The first-order valence-electron chi connectivity index (χ1n) is 9.07. The molecule has 2 fully saturated rings. The van der Waals surface area contributed by atoms with E-state index in [0.717, 1.165) is 36.1 Å². The van der Waals surface area contributed by atoms with Gasteiger partial charge in [-0.25, -0.2) is 4.39 Å². The van der Waals surface area contributed by atoms with Crippen molar-refractivity contribution in [3.05, 3.63) is 71.0 Å². The molecule has 4 rings (SSSR count). The molecule has 0 radical (unpaired) electrons. The highest BCUT2D eigenvalue weighted by atomic mass is 19.4. The van der Waals surface area contributed by atoms with Gasteiger partial charge in [0.2, 0.25) is 5.91 Å². The number of hydrogen-bond acceptors (Lipinski definition) is 1. The number of halogens is 4. The summed E-state index contributed by atoms with van der Waals surface area (Å²) >= 11 is 0. The average molecular weight is 377 g/mol. The molecule has 1 saturated heterocycles. The van der Waals surface area contributed by atoms with Crippen molar-refractivity contribution < 1.29 is 22.4 Å². The van der Waals surface area contributed by atoms with E-state index in [2.05, 4.69) is 0 Å². The van der Waals surface area contributed by atoms with Crippen LogP contribution in [-0.4, -0.2) is 17.4 Å². The number of likely N-dealkylation sites (tertiary alicyclic amines) is 1. The Hall–Kier alpha value is -2.37. The number of carbonyl (C=O) groups excluding carboxylic acids is 1. The Bertz CT molecular complexity index is 829. The zero-order valence-electron chi connectivity index (χ0n) is 14.5. The Balaban J connectivity index is 1.45. The second-order valence-electron chi connectivity index (χ2n) is 7.31. The molecule has 0 N–H and O–H groups in total. The molecule has 6 heteroatoms. The van der Waals surface area contributed by atoms with Crippen LogP contribution in [0.2, 0.25) is 0 Å². The standard InChI is InChI=1S/C21H19F4NO/c22-16-9-5-14(6-10-16)19-2-1-11-26(19)20(27)18-12-17(18)13-3-7-15(8-4-13)21(23,24)25/h3-10,17-19H,1-2,11-12H2. The van der Waals surface area contributed by atoms with E-state index in [1.54, 1.807) is 12.1 Å². The Morgan fingerprint density at radius 1 is 0.963 bits per heavy atom. The van der Waals surface area contributed by atoms with Gasteiger partial charge in [-0.2, -0.15) is 13.2 Å². The van der Waals surface area contributed by atoms with Gasteiger partial charge in [-0.15, -0.1) is 0 Å². The molecular weight excluding hydrogens is 358 g/mol. The van der Waals surface area contributed by atoms with Gasteiger partial charge in [0, 0.05) is 12.5 Å². The SMILES string of the molecule is O=C(C1CC1c1ccc(C(F)(F)F)cc1)N1CCCC1c1ccc(F)cc1. The van der Waals surface area contributed by atoms with E-state index in [1.807, 2.05) is 4.90 Å². The summed E-state index contributed by atoms with van der Waals surface area (Å²) in [5.74, 6) is -0.456. The largest absolute Gasteiger partial charge is 0.416 e. The smallest absolute Gasteiger partial charge is 0.335 e. The minimum atomic E-state index is -4.35. The maximum atomic E-state index is 13.2. The van der Waals surface area contributed by atoms with Gasteiger partial charge in [0.1, 0.15) is 5.82 Å². The average Bonchev–Trinajstić information content (AvgIpc) is 3.30. The summed E-state index contributed by atoms with van der Waals surface area (Å²) in [7, 11) is 0. The van der Waals surface area contributed by atoms with Gasteiger partial charge < -0.3 is 4.90 Å². The molecule has 1 aliphatic heterocycles. The number of amides is 1. The highest BCUT2D eigenvalue weighted by Crippen LogP contribution is 2.50. The molecule has 2 aliphatic rings. The van der Waals surface area contributed by atoms with Crippen molar-refractivity contribution in [3.8, 4) is 0 Å². The van der Waals surface area contributed by atoms with Crippen molar-refractivity contribution in [1.82, 2.24) is 4.90 Å². The van der Waals surface area contributed by atoms with Crippen molar-refractivity contribution in [3.63, 3.8) is 0 Å². The fourth-order valence-corrected chi connectivity index (χ4v) is 4.03. The third kappa shape index (κ3) is 3.57. The van der Waals surface area contributed by atoms with E-state index in [-0.39, 0.29) is 29.6 Å². The number of alkyl halides is 3. The third-order valence-electron chi connectivity index (χ3n) is 5.56. The monoisotopic (exact) mass is 377 g/mol. The highest BCUT2D eigenvalue weighted by Gasteiger charge is 2.48. The maximum absolute atomic E-state index is 13.2. The lowest BCUT2D eigenvalue weighted by atomic mass is 10.0. The lowest BCUT2D eigenvalue weighted by molar-refractivity contribution is -0.137. The van der Waals surface area contributed by atoms with E-state index >= 15 is 0 Å². The molecule has 2 nitrogen and oxygen atoms in total. The first kappa shape index (κ1) is 18.0. The van der Waals surface area contributed by atoms with E-state index in [1.165, 1.54) is 24.3 Å². The van der Waals surface area contributed by atoms with Crippen LogP contribution in [0.25, 0.3) is 0 Å². The minimum Gasteiger partial charge on any atom is -0.335 e. The van der Waals surface area contributed by atoms with Gasteiger partial charge >= 0.3 is 6.18 Å². The normalized spacial score (nSPS) is 24.9. The summed E-state index contributed by atoms with van der Waals surface area (Å²) in [6.07, 6.45) is -1.95. The third-order valence-corrected chi connectivity index (χ3v) is 5.56. The van der Waals surface area contributed by atoms with Crippen LogP contribution in [0.1, 0.15) is 47.9 Å². The number of rotatable bonds is 3. The van der Waals surface area contributed by atoms with Crippen molar-refractivity contribution in [2.45, 2.75) is 37.4 Å². The fraction of sp³-hybridized carbons (Fsp3) is 0.381. The molecule has 1 amide bonds. The summed E-state index contributed by atoms with van der Waals surface area (Å²) in [4.78, 5) is 14.8. The Morgan fingerprint density at radius 2 is 1.59 bits per heavy atom. The maximum Gasteiger partial charge on any atom is 0.416 e. The van der Waals surface area contributed by atoms with E-state index < -0.39 is 11.7 Å². The molecule has 0 aromatic heterocycles. The summed E-state index contributed by atoms with van der Waals surface area (Å²) in [5, 5.41) is 0. The molecule has 142 valence electrons. The topological polar surface area (TPSA) is 20.3 Å². The Morgan fingerprint density at radius 3 is 2.22 bits per heavy atom. The Labute approximate surface area is 154 Å². The zero-order chi connectivity index (χ0) is 19.2. The van der Waals surface area contributed by atoms with Crippen LogP contribution >= 0.6 is 0 Å². The van der Waals surface area contributed by atoms with Crippen molar-refractivity contribution in [2.75, 3.05) is 6.54 Å². The fourth-order valence-electron chi connectivity index (χ4n) is 4.03. The molecule has 2 aromatic rings. The molecule has 27 heavy (non-hydrogen) atoms. The Kier molecular flexibility index (Phi) is 4.44. The highest BCUT2D eigenvalue weighted by molar-refractivity contribution is 5.83. The molecule has 1 aliphatic carbocycles. The van der Waals surface area contributed by atoms with Gasteiger partial charge in [-0.05, 0) is 60.6 Å². The van der Waals surface area contributed by atoms with Gasteiger partial charge in [0.25, 0.3) is 0 Å². The van der Waals surface area contributed by atoms with E-state index in [0.29, 0.717) is 13.0 Å². The number of hydrogen-bond donors (Lipinski definition) is 0. The first-order valence-corrected chi connectivity index (χ1v) is 9.07. The molecule has 3 unspecified atom stereocenters. The molecule has 1 heterocycles. The van der Waals surface area contributed by atoms with Crippen LogP contribution in [0.15, 0.2) is 48.5 Å². The summed E-state index contributed by atoms with van der Waals surface area (Å²) in [5.41, 5.74) is 1.03. The first-order chi connectivity index (χ1) is 12.8. The van der Waals surface area contributed by atoms with Crippen molar-refractivity contribution in [2.24, 2.45) is 5.92 Å². The van der Waals surface area contributed by atoms with Gasteiger partial charge in [0.05, 0.1) is 11.6 Å². The molecular formula is C21H19F4NO. The lowest BCUT2D eigenvalue weighted by Gasteiger charge is -2.25. The van der Waals surface area contributed by atoms with Crippen LogP contribution in [0, 0.1) is 11.7 Å². The quantitative estimate of drug-likeness (QED) is 0.664. The van der Waals surface area contributed by atoms with E-state index in [4.69, 9.17) is 0 Å². The van der Waals surface area contributed by atoms with Crippen molar-refractivity contribution >= 4 is 5.91 Å². The predicted octanol–water partition coefficient (Wildman–Crippen LogP) is 5.31. The zero-order valence-corrected chi connectivity index (χ0v) is 14.5. The summed E-state index contributed by atoms with van der Waals surface area (Å²) in [6, 6.07) is 11.3.